The number of nitrogens with zero attached hydrogens (tertiary/aromatic N) is 4. The van der Waals surface area contributed by atoms with E-state index in [2.05, 4.69) is 57.9 Å². The molecular weight excluding hydrogens is 447 g/mol. The van der Waals surface area contributed by atoms with Crippen LogP contribution < -0.4 is 10.6 Å². The van der Waals surface area contributed by atoms with Crippen LogP contribution in [0, 0.1) is 0 Å². The molecule has 6 nitrogen and oxygen atoms in total. The molecule has 1 aliphatic carbocycles. The number of thioether (sulfide) groups is 1. The fraction of sp³-hybridized carbons (Fsp3) is 0.824. The minimum Gasteiger partial charge on any atom is -0.357 e. The van der Waals surface area contributed by atoms with Gasteiger partial charge in [0.15, 0.2) is 5.96 Å². The fourth-order valence-electron chi connectivity index (χ4n) is 3.19. The van der Waals surface area contributed by atoms with Crippen molar-refractivity contribution in [2.75, 3.05) is 18.8 Å². The zero-order valence-corrected chi connectivity index (χ0v) is 18.8. The molecule has 8 heteroatoms. The van der Waals surface area contributed by atoms with Gasteiger partial charge in [0.2, 0.25) is 0 Å². The van der Waals surface area contributed by atoms with E-state index in [1.54, 1.807) is 6.33 Å². The zero-order chi connectivity index (χ0) is 17.2. The molecule has 0 spiro atoms. The molecule has 2 N–H and O–H groups in total. The molecule has 1 saturated carbocycles. The normalized spacial score (nSPS) is 20.8. The Morgan fingerprint density at radius 3 is 2.92 bits per heavy atom. The Labute approximate surface area is 173 Å². The number of rotatable bonds is 8. The van der Waals surface area contributed by atoms with Gasteiger partial charge in [0.05, 0.1) is 6.54 Å². The second-order valence-corrected chi connectivity index (χ2v) is 7.72. The van der Waals surface area contributed by atoms with Crippen molar-refractivity contribution < 1.29 is 0 Å². The van der Waals surface area contributed by atoms with Gasteiger partial charge < -0.3 is 15.2 Å². The molecule has 2 rings (SSSR count). The highest BCUT2D eigenvalue weighted by Crippen LogP contribution is 2.28. The maximum Gasteiger partial charge on any atom is 0.191 e. The number of halogens is 1. The highest BCUT2D eigenvalue weighted by molar-refractivity contribution is 14.0. The summed E-state index contributed by atoms with van der Waals surface area (Å²) < 4.78 is 2.08. The Balaban J connectivity index is 0.00000312. The molecule has 1 heterocycles. The summed E-state index contributed by atoms with van der Waals surface area (Å²) in [5.74, 6) is 3.18. The number of aromatic nitrogens is 3. The van der Waals surface area contributed by atoms with Gasteiger partial charge >= 0.3 is 0 Å². The average molecular weight is 480 g/mol. The Bertz CT molecular complexity index is 505. The van der Waals surface area contributed by atoms with Gasteiger partial charge in [-0.25, -0.2) is 0 Å². The van der Waals surface area contributed by atoms with Gasteiger partial charge in [-0.05, 0) is 31.9 Å². The molecule has 1 aromatic rings. The number of aryl methyl sites for hydroxylation is 1. The molecule has 0 aromatic carbocycles. The first-order chi connectivity index (χ1) is 11.8. The third-order valence-corrected chi connectivity index (χ3v) is 5.57. The number of nitrogens with one attached hydrogen (secondary N) is 2. The lowest BCUT2D eigenvalue weighted by molar-refractivity contribution is 0.418. The molecule has 2 atom stereocenters. The van der Waals surface area contributed by atoms with Crippen molar-refractivity contribution in [1.29, 1.82) is 0 Å². The third-order valence-electron chi connectivity index (χ3n) is 4.34. The van der Waals surface area contributed by atoms with Gasteiger partial charge in [-0.15, -0.1) is 34.2 Å². The molecule has 0 saturated heterocycles. The van der Waals surface area contributed by atoms with E-state index in [9.17, 15) is 0 Å². The topological polar surface area (TPSA) is 67.1 Å². The first-order valence-electron chi connectivity index (χ1n) is 9.29. The zero-order valence-electron chi connectivity index (χ0n) is 15.7. The molecule has 0 aliphatic heterocycles. The molecule has 25 heavy (non-hydrogen) atoms. The summed E-state index contributed by atoms with van der Waals surface area (Å²) >= 11 is 2.10. The van der Waals surface area contributed by atoms with E-state index in [1.165, 1.54) is 31.4 Å². The van der Waals surface area contributed by atoms with Gasteiger partial charge in [0.1, 0.15) is 12.2 Å². The van der Waals surface area contributed by atoms with Gasteiger partial charge in [0.25, 0.3) is 0 Å². The summed E-state index contributed by atoms with van der Waals surface area (Å²) in [5.41, 5.74) is 0. The number of aliphatic imine (C=N–C) groups is 1. The van der Waals surface area contributed by atoms with Crippen molar-refractivity contribution in [2.24, 2.45) is 4.99 Å². The summed E-state index contributed by atoms with van der Waals surface area (Å²) in [6.45, 7) is 8.92. The number of guanidine groups is 1. The summed E-state index contributed by atoms with van der Waals surface area (Å²) in [6.07, 6.45) is 7.86. The van der Waals surface area contributed by atoms with E-state index < -0.39 is 0 Å². The Kier molecular flexibility index (Phi) is 11.5. The Hall–Kier alpha value is -0.510. The van der Waals surface area contributed by atoms with Crippen LogP contribution in [0.1, 0.15) is 52.3 Å². The van der Waals surface area contributed by atoms with Gasteiger partial charge in [0, 0.05) is 30.8 Å². The van der Waals surface area contributed by atoms with Crippen LogP contribution in [0.5, 0.6) is 0 Å². The largest absolute Gasteiger partial charge is 0.357 e. The first-order valence-corrected chi connectivity index (χ1v) is 10.3. The van der Waals surface area contributed by atoms with E-state index in [0.29, 0.717) is 6.04 Å². The lowest BCUT2D eigenvalue weighted by atomic mass is 9.95. The second kappa shape index (κ2) is 12.8. The van der Waals surface area contributed by atoms with Crippen molar-refractivity contribution >= 4 is 41.7 Å². The van der Waals surface area contributed by atoms with Crippen molar-refractivity contribution in [3.8, 4) is 0 Å². The summed E-state index contributed by atoms with van der Waals surface area (Å²) in [6, 6.07) is 0.543. The van der Waals surface area contributed by atoms with E-state index >= 15 is 0 Å². The van der Waals surface area contributed by atoms with Crippen LogP contribution in [0.3, 0.4) is 0 Å². The van der Waals surface area contributed by atoms with Crippen LogP contribution in [0.25, 0.3) is 0 Å². The first kappa shape index (κ1) is 22.5. The minimum atomic E-state index is 0. The Morgan fingerprint density at radius 2 is 2.20 bits per heavy atom. The molecular formula is C17H33IN6S. The fourth-order valence-corrected chi connectivity index (χ4v) is 4.36. The maximum atomic E-state index is 4.74. The molecule has 2 unspecified atom stereocenters. The predicted octanol–water partition coefficient (Wildman–Crippen LogP) is 3.08. The average Bonchev–Trinajstić information content (AvgIpc) is 3.03. The monoisotopic (exact) mass is 480 g/mol. The standard InChI is InChI=1S/C17H32N6S.HI/c1-4-16-22-20-13-23(16)11-10-19-17(18-5-2)21-14-8-7-9-15(12-14)24-6-3;/h13-15H,4-12H2,1-3H3,(H2,18,19,21);1H. The highest BCUT2D eigenvalue weighted by atomic mass is 127. The smallest absolute Gasteiger partial charge is 0.191 e. The highest BCUT2D eigenvalue weighted by Gasteiger charge is 2.22. The van der Waals surface area contributed by atoms with Crippen LogP contribution in [0.15, 0.2) is 11.3 Å². The third kappa shape index (κ3) is 7.72. The predicted molar refractivity (Wildman–Crippen MR) is 118 cm³/mol. The second-order valence-electron chi connectivity index (χ2n) is 6.14. The molecule has 0 radical (unpaired) electrons. The quantitative estimate of drug-likeness (QED) is 0.340. The van der Waals surface area contributed by atoms with Crippen LogP contribution in [-0.4, -0.2) is 50.9 Å². The van der Waals surface area contributed by atoms with E-state index in [0.717, 1.165) is 43.1 Å². The van der Waals surface area contributed by atoms with Crippen molar-refractivity contribution in [2.45, 2.75) is 70.7 Å². The van der Waals surface area contributed by atoms with E-state index in [1.807, 2.05) is 0 Å². The van der Waals surface area contributed by atoms with E-state index in [-0.39, 0.29) is 24.0 Å². The van der Waals surface area contributed by atoms with Crippen molar-refractivity contribution in [1.82, 2.24) is 25.4 Å². The lowest BCUT2D eigenvalue weighted by Gasteiger charge is -2.30. The van der Waals surface area contributed by atoms with Crippen LogP contribution in [0.2, 0.25) is 0 Å². The van der Waals surface area contributed by atoms with Gasteiger partial charge in [-0.1, -0.05) is 20.3 Å². The lowest BCUT2D eigenvalue weighted by Crippen LogP contribution is -2.45. The molecule has 1 fully saturated rings. The minimum absolute atomic E-state index is 0. The molecule has 144 valence electrons. The number of hydrogen-bond donors (Lipinski definition) is 2. The molecule has 0 amide bonds. The maximum absolute atomic E-state index is 4.74. The molecule has 0 bridgehead atoms. The van der Waals surface area contributed by atoms with Gasteiger partial charge in [-0.2, -0.15) is 11.8 Å². The van der Waals surface area contributed by atoms with Crippen LogP contribution in [0.4, 0.5) is 0 Å². The van der Waals surface area contributed by atoms with Crippen LogP contribution in [-0.2, 0) is 13.0 Å². The van der Waals surface area contributed by atoms with E-state index in [4.69, 9.17) is 4.99 Å². The van der Waals surface area contributed by atoms with Crippen molar-refractivity contribution in [3.05, 3.63) is 12.2 Å². The van der Waals surface area contributed by atoms with Gasteiger partial charge in [-0.3, -0.25) is 4.99 Å². The summed E-state index contributed by atoms with van der Waals surface area (Å²) in [5, 5.41) is 15.9. The SMILES string of the molecule is CCNC(=NCCn1cnnc1CC)NC1CCCC(SCC)C1.I. The van der Waals surface area contributed by atoms with Crippen LogP contribution >= 0.6 is 35.7 Å². The number of hydrogen-bond acceptors (Lipinski definition) is 4. The van der Waals surface area contributed by atoms with Crippen molar-refractivity contribution in [3.63, 3.8) is 0 Å². The Morgan fingerprint density at radius 1 is 1.36 bits per heavy atom. The molecule has 1 aliphatic rings. The summed E-state index contributed by atoms with van der Waals surface area (Å²) in [4.78, 5) is 4.74. The summed E-state index contributed by atoms with van der Waals surface area (Å²) in [7, 11) is 0. The molecule has 1 aromatic heterocycles.